The fraction of sp³-hybridized carbons (Fsp3) is 0.353. The lowest BCUT2D eigenvalue weighted by atomic mass is 10.2. The van der Waals surface area contributed by atoms with E-state index in [-0.39, 0.29) is 18.0 Å². The number of anilines is 1. The summed E-state index contributed by atoms with van der Waals surface area (Å²) in [6.07, 6.45) is 1.55. The van der Waals surface area contributed by atoms with Crippen LogP contribution < -0.4 is 20.5 Å². The SMILES string of the molecule is Cc1cccc(OCCNC(=O)Cn2ncc(N(C)C)cc2=O)c1. The normalized spacial score (nSPS) is 10.3. The predicted molar refractivity (Wildman–Crippen MR) is 92.5 cm³/mol. The average molecular weight is 330 g/mol. The first-order chi connectivity index (χ1) is 11.5. The van der Waals surface area contributed by atoms with Gasteiger partial charge in [-0.05, 0) is 24.6 Å². The molecule has 1 amide bonds. The van der Waals surface area contributed by atoms with Crippen molar-refractivity contribution in [2.75, 3.05) is 32.1 Å². The molecular weight excluding hydrogens is 308 g/mol. The molecule has 0 spiro atoms. The Kier molecular flexibility index (Phi) is 5.95. The number of aryl methyl sites for hydroxylation is 1. The molecule has 1 aromatic carbocycles. The molecule has 24 heavy (non-hydrogen) atoms. The van der Waals surface area contributed by atoms with Gasteiger partial charge in [0.05, 0.1) is 18.4 Å². The largest absolute Gasteiger partial charge is 0.492 e. The highest BCUT2D eigenvalue weighted by atomic mass is 16.5. The Morgan fingerprint density at radius 2 is 2.12 bits per heavy atom. The van der Waals surface area contributed by atoms with E-state index in [2.05, 4.69) is 10.4 Å². The zero-order chi connectivity index (χ0) is 17.5. The van der Waals surface area contributed by atoms with Crippen LogP contribution in [0.2, 0.25) is 0 Å². The summed E-state index contributed by atoms with van der Waals surface area (Å²) < 4.78 is 6.68. The van der Waals surface area contributed by atoms with E-state index in [9.17, 15) is 9.59 Å². The third kappa shape index (κ3) is 5.12. The number of ether oxygens (including phenoxy) is 1. The number of hydrogen-bond donors (Lipinski definition) is 1. The van der Waals surface area contributed by atoms with Crippen LogP contribution in [0.5, 0.6) is 5.75 Å². The molecule has 0 unspecified atom stereocenters. The Balaban J connectivity index is 1.78. The summed E-state index contributed by atoms with van der Waals surface area (Å²) in [7, 11) is 3.64. The van der Waals surface area contributed by atoms with Gasteiger partial charge in [0.2, 0.25) is 5.91 Å². The van der Waals surface area contributed by atoms with E-state index in [0.717, 1.165) is 16.0 Å². The number of rotatable bonds is 7. The number of nitrogens with one attached hydrogen (secondary N) is 1. The van der Waals surface area contributed by atoms with Gasteiger partial charge in [-0.25, -0.2) is 4.68 Å². The number of benzene rings is 1. The maximum Gasteiger partial charge on any atom is 0.269 e. The Morgan fingerprint density at radius 3 is 2.79 bits per heavy atom. The van der Waals surface area contributed by atoms with Gasteiger partial charge in [-0.3, -0.25) is 9.59 Å². The summed E-state index contributed by atoms with van der Waals surface area (Å²) in [5, 5.41) is 6.70. The highest BCUT2D eigenvalue weighted by molar-refractivity contribution is 5.75. The second-order valence-corrected chi connectivity index (χ2v) is 5.62. The molecule has 2 aromatic rings. The molecule has 0 saturated carbocycles. The molecule has 1 N–H and O–H groups in total. The number of aromatic nitrogens is 2. The lowest BCUT2D eigenvalue weighted by Gasteiger charge is -2.12. The number of amides is 1. The van der Waals surface area contributed by atoms with Crippen LogP contribution in [0.3, 0.4) is 0 Å². The minimum atomic E-state index is -0.313. The van der Waals surface area contributed by atoms with Crippen molar-refractivity contribution in [3.63, 3.8) is 0 Å². The predicted octanol–water partition coefficient (Wildman–Crippen LogP) is 0.813. The van der Waals surface area contributed by atoms with Crippen LogP contribution in [0.4, 0.5) is 5.69 Å². The highest BCUT2D eigenvalue weighted by Gasteiger charge is 2.07. The van der Waals surface area contributed by atoms with Crippen molar-refractivity contribution < 1.29 is 9.53 Å². The summed E-state index contributed by atoms with van der Waals surface area (Å²) in [6, 6.07) is 9.14. The number of hydrogen-bond acceptors (Lipinski definition) is 5. The van der Waals surface area contributed by atoms with Gasteiger partial charge in [-0.15, -0.1) is 0 Å². The zero-order valence-electron chi connectivity index (χ0n) is 14.2. The number of carbonyl (C=O) groups excluding carboxylic acids is 1. The van der Waals surface area contributed by atoms with Crippen molar-refractivity contribution in [2.24, 2.45) is 0 Å². The molecule has 1 heterocycles. The van der Waals surface area contributed by atoms with Crippen LogP contribution >= 0.6 is 0 Å². The maximum atomic E-state index is 11.9. The molecule has 128 valence electrons. The lowest BCUT2D eigenvalue weighted by molar-refractivity contribution is -0.122. The van der Waals surface area contributed by atoms with Gasteiger partial charge in [0.15, 0.2) is 0 Å². The number of nitrogens with zero attached hydrogens (tertiary/aromatic N) is 3. The Bertz CT molecular complexity index is 755. The molecule has 0 atom stereocenters. The quantitative estimate of drug-likeness (QED) is 0.761. The van der Waals surface area contributed by atoms with Crippen molar-refractivity contribution in [1.29, 1.82) is 0 Å². The second-order valence-electron chi connectivity index (χ2n) is 5.62. The van der Waals surface area contributed by atoms with Crippen molar-refractivity contribution in [3.05, 3.63) is 52.4 Å². The maximum absolute atomic E-state index is 11.9. The fourth-order valence-corrected chi connectivity index (χ4v) is 2.04. The van der Waals surface area contributed by atoms with E-state index in [1.54, 1.807) is 11.1 Å². The van der Waals surface area contributed by atoms with Gasteiger partial charge in [-0.2, -0.15) is 5.10 Å². The molecular formula is C17H22N4O3. The molecule has 7 heteroatoms. The van der Waals surface area contributed by atoms with Crippen LogP contribution in [0.25, 0.3) is 0 Å². The molecule has 0 fully saturated rings. The van der Waals surface area contributed by atoms with Crippen LogP contribution in [0, 0.1) is 6.92 Å². The van der Waals surface area contributed by atoms with Crippen LogP contribution in [0.1, 0.15) is 5.56 Å². The minimum absolute atomic E-state index is 0.114. The first kappa shape index (κ1) is 17.5. The van der Waals surface area contributed by atoms with E-state index in [0.29, 0.717) is 18.8 Å². The standard InChI is InChI=1S/C17H22N4O3/c1-13-5-4-6-15(9-13)24-8-7-18-16(22)12-21-17(23)10-14(11-19-21)20(2)3/h4-6,9-11H,7-8,12H2,1-3H3,(H,18,22). The van der Waals surface area contributed by atoms with Gasteiger partial charge in [0.1, 0.15) is 18.9 Å². The smallest absolute Gasteiger partial charge is 0.269 e. The summed E-state index contributed by atoms with van der Waals surface area (Å²) in [6.45, 7) is 2.59. The van der Waals surface area contributed by atoms with Crippen LogP contribution in [-0.2, 0) is 11.3 Å². The van der Waals surface area contributed by atoms with Crippen LogP contribution in [-0.4, -0.2) is 42.9 Å². The van der Waals surface area contributed by atoms with Crippen LogP contribution in [0.15, 0.2) is 41.3 Å². The molecule has 7 nitrogen and oxygen atoms in total. The monoisotopic (exact) mass is 330 g/mol. The molecule has 1 aromatic heterocycles. The summed E-state index contributed by atoms with van der Waals surface area (Å²) in [5.41, 5.74) is 1.50. The molecule has 0 radical (unpaired) electrons. The molecule has 0 saturated heterocycles. The van der Waals surface area contributed by atoms with Gasteiger partial charge >= 0.3 is 0 Å². The Labute approximate surface area is 140 Å². The Morgan fingerprint density at radius 1 is 1.33 bits per heavy atom. The van der Waals surface area contributed by atoms with Gasteiger partial charge in [-0.1, -0.05) is 12.1 Å². The summed E-state index contributed by atoms with van der Waals surface area (Å²) >= 11 is 0. The van der Waals surface area contributed by atoms with E-state index in [4.69, 9.17) is 4.74 Å². The third-order valence-corrected chi connectivity index (χ3v) is 3.35. The van der Waals surface area contributed by atoms with E-state index >= 15 is 0 Å². The second kappa shape index (κ2) is 8.14. The van der Waals surface area contributed by atoms with E-state index in [1.807, 2.05) is 45.3 Å². The topological polar surface area (TPSA) is 76.5 Å². The van der Waals surface area contributed by atoms with Crippen molar-refractivity contribution >= 4 is 11.6 Å². The van der Waals surface area contributed by atoms with Gasteiger partial charge in [0.25, 0.3) is 5.56 Å². The van der Waals surface area contributed by atoms with Crippen molar-refractivity contribution in [3.8, 4) is 5.75 Å². The number of carbonyl (C=O) groups is 1. The van der Waals surface area contributed by atoms with E-state index < -0.39 is 0 Å². The van der Waals surface area contributed by atoms with E-state index in [1.165, 1.54) is 6.07 Å². The zero-order valence-corrected chi connectivity index (χ0v) is 14.2. The fourth-order valence-electron chi connectivity index (χ4n) is 2.04. The lowest BCUT2D eigenvalue weighted by Crippen LogP contribution is -2.35. The third-order valence-electron chi connectivity index (χ3n) is 3.35. The molecule has 2 rings (SSSR count). The molecule has 0 aliphatic carbocycles. The molecule has 0 aliphatic heterocycles. The summed E-state index contributed by atoms with van der Waals surface area (Å²) in [5.74, 6) is 0.483. The average Bonchev–Trinajstić information content (AvgIpc) is 2.53. The minimum Gasteiger partial charge on any atom is -0.492 e. The van der Waals surface area contributed by atoms with Crippen molar-refractivity contribution in [1.82, 2.24) is 15.1 Å². The van der Waals surface area contributed by atoms with Crippen molar-refractivity contribution in [2.45, 2.75) is 13.5 Å². The highest BCUT2D eigenvalue weighted by Crippen LogP contribution is 2.11. The molecule has 0 bridgehead atoms. The van der Waals surface area contributed by atoms with Gasteiger partial charge < -0.3 is 15.0 Å². The first-order valence-electron chi connectivity index (χ1n) is 7.66. The first-order valence-corrected chi connectivity index (χ1v) is 7.66. The van der Waals surface area contributed by atoms with Gasteiger partial charge in [0, 0.05) is 20.2 Å². The molecule has 0 aliphatic rings. The Hall–Kier alpha value is -2.83. The summed E-state index contributed by atoms with van der Waals surface area (Å²) in [4.78, 5) is 25.5.